The molecule has 0 bridgehead atoms. The minimum atomic E-state index is -0.439. The van der Waals surface area contributed by atoms with Crippen LogP contribution in [0.15, 0.2) is 33.9 Å². The smallest absolute Gasteiger partial charge is 0.331 e. The molecule has 1 fully saturated rings. The van der Waals surface area contributed by atoms with Crippen LogP contribution in [0, 0.1) is 6.92 Å². The van der Waals surface area contributed by atoms with Gasteiger partial charge in [-0.2, -0.15) is 4.98 Å². The van der Waals surface area contributed by atoms with E-state index in [1.165, 1.54) is 11.6 Å². The molecule has 1 aromatic carbocycles. The zero-order valence-corrected chi connectivity index (χ0v) is 15.4. The molecule has 9 heteroatoms. The van der Waals surface area contributed by atoms with E-state index in [0.29, 0.717) is 19.0 Å². The molecule has 0 unspecified atom stereocenters. The molecule has 140 valence electrons. The third-order valence-corrected chi connectivity index (χ3v) is 4.95. The van der Waals surface area contributed by atoms with Crippen molar-refractivity contribution in [1.82, 2.24) is 19.1 Å². The first-order chi connectivity index (χ1) is 12.9. The summed E-state index contributed by atoms with van der Waals surface area (Å²) in [5, 5.41) is 0. The van der Waals surface area contributed by atoms with Gasteiger partial charge in [-0.15, -0.1) is 0 Å². The van der Waals surface area contributed by atoms with Gasteiger partial charge < -0.3 is 14.8 Å². The van der Waals surface area contributed by atoms with Crippen LogP contribution in [-0.4, -0.2) is 44.6 Å². The van der Waals surface area contributed by atoms with Crippen LogP contribution in [0.4, 0.5) is 11.6 Å². The molecule has 1 saturated heterocycles. The molecule has 1 N–H and O–H groups in total. The second kappa shape index (κ2) is 6.11. The monoisotopic (exact) mass is 368 g/mol. The SMILES string of the molecule is Cc1ccc(N2CCN(c3nc4c([nH]3)c(=O)n(C)c(=O)n4C)CC2=O)cc1. The van der Waals surface area contributed by atoms with Crippen LogP contribution in [0.1, 0.15) is 5.56 Å². The van der Waals surface area contributed by atoms with Gasteiger partial charge in [0.15, 0.2) is 11.2 Å². The van der Waals surface area contributed by atoms with E-state index in [0.717, 1.165) is 15.8 Å². The summed E-state index contributed by atoms with van der Waals surface area (Å²) in [5.74, 6) is 0.368. The summed E-state index contributed by atoms with van der Waals surface area (Å²) in [6.45, 7) is 3.22. The maximum atomic E-state index is 12.6. The number of hydrogen-bond acceptors (Lipinski definition) is 5. The number of carbonyl (C=O) groups excluding carboxylic acids is 1. The van der Waals surface area contributed by atoms with Crippen LogP contribution in [0.5, 0.6) is 0 Å². The Bertz CT molecular complexity index is 1150. The fraction of sp³-hybridized carbons (Fsp3) is 0.333. The molecule has 27 heavy (non-hydrogen) atoms. The second-order valence-electron chi connectivity index (χ2n) is 6.77. The Kier molecular flexibility index (Phi) is 3.87. The molecule has 3 aromatic rings. The maximum absolute atomic E-state index is 12.6. The van der Waals surface area contributed by atoms with Crippen LogP contribution in [0.3, 0.4) is 0 Å². The van der Waals surface area contributed by atoms with Crippen molar-refractivity contribution in [2.45, 2.75) is 6.92 Å². The number of nitrogens with one attached hydrogen (secondary N) is 1. The van der Waals surface area contributed by atoms with E-state index in [1.54, 1.807) is 16.8 Å². The molecule has 0 radical (unpaired) electrons. The van der Waals surface area contributed by atoms with Crippen LogP contribution in [0.25, 0.3) is 11.2 Å². The van der Waals surface area contributed by atoms with Gasteiger partial charge in [-0.1, -0.05) is 17.7 Å². The third-order valence-electron chi connectivity index (χ3n) is 4.95. The second-order valence-corrected chi connectivity index (χ2v) is 6.77. The van der Waals surface area contributed by atoms with Gasteiger partial charge in [-0.05, 0) is 19.1 Å². The lowest BCUT2D eigenvalue weighted by Gasteiger charge is -2.34. The summed E-state index contributed by atoms with van der Waals surface area (Å²) >= 11 is 0. The Morgan fingerprint density at radius 3 is 2.37 bits per heavy atom. The molecule has 0 saturated carbocycles. The predicted molar refractivity (Wildman–Crippen MR) is 102 cm³/mol. The van der Waals surface area contributed by atoms with Crippen molar-refractivity contribution in [3.8, 4) is 0 Å². The predicted octanol–water partition coefficient (Wildman–Crippen LogP) is 0.122. The number of aromatic nitrogens is 4. The van der Waals surface area contributed by atoms with Crippen molar-refractivity contribution in [3.05, 3.63) is 50.7 Å². The van der Waals surface area contributed by atoms with Crippen molar-refractivity contribution in [2.24, 2.45) is 14.1 Å². The van der Waals surface area contributed by atoms with E-state index in [2.05, 4.69) is 9.97 Å². The number of carbonyl (C=O) groups is 1. The number of aromatic amines is 1. The summed E-state index contributed by atoms with van der Waals surface area (Å²) < 4.78 is 2.35. The molecular formula is C18H20N6O3. The van der Waals surface area contributed by atoms with E-state index >= 15 is 0 Å². The molecule has 4 rings (SSSR count). The summed E-state index contributed by atoms with van der Waals surface area (Å²) in [4.78, 5) is 47.9. The minimum Gasteiger partial charge on any atom is -0.331 e. The van der Waals surface area contributed by atoms with Gasteiger partial charge in [0.25, 0.3) is 5.56 Å². The average Bonchev–Trinajstić information content (AvgIpc) is 3.11. The highest BCUT2D eigenvalue weighted by Crippen LogP contribution is 2.21. The van der Waals surface area contributed by atoms with E-state index < -0.39 is 11.2 Å². The maximum Gasteiger partial charge on any atom is 0.332 e. The molecule has 2 aromatic heterocycles. The van der Waals surface area contributed by atoms with Crippen molar-refractivity contribution >= 4 is 28.7 Å². The number of imidazole rings is 1. The quantitative estimate of drug-likeness (QED) is 0.693. The van der Waals surface area contributed by atoms with E-state index in [9.17, 15) is 14.4 Å². The Hall–Kier alpha value is -3.36. The highest BCUT2D eigenvalue weighted by molar-refractivity contribution is 5.97. The number of piperazine rings is 1. The zero-order chi connectivity index (χ0) is 19.3. The highest BCUT2D eigenvalue weighted by Gasteiger charge is 2.27. The minimum absolute atomic E-state index is 0.0487. The van der Waals surface area contributed by atoms with Gasteiger partial charge in [0.1, 0.15) is 6.54 Å². The lowest BCUT2D eigenvalue weighted by atomic mass is 10.2. The molecule has 1 aliphatic rings. The Balaban J connectivity index is 1.64. The molecule has 9 nitrogen and oxygen atoms in total. The topological polar surface area (TPSA) is 96.2 Å². The number of rotatable bonds is 2. The van der Waals surface area contributed by atoms with Crippen molar-refractivity contribution in [2.75, 3.05) is 29.4 Å². The fourth-order valence-corrected chi connectivity index (χ4v) is 3.32. The third kappa shape index (κ3) is 2.71. The largest absolute Gasteiger partial charge is 0.332 e. The number of aryl methyl sites for hydroxylation is 2. The van der Waals surface area contributed by atoms with E-state index in [1.807, 2.05) is 31.2 Å². The number of hydrogen-bond donors (Lipinski definition) is 1. The molecular weight excluding hydrogens is 348 g/mol. The molecule has 0 spiro atoms. The van der Waals surface area contributed by atoms with E-state index in [4.69, 9.17) is 0 Å². The van der Waals surface area contributed by atoms with Crippen LogP contribution >= 0.6 is 0 Å². The fourth-order valence-electron chi connectivity index (χ4n) is 3.32. The number of benzene rings is 1. The lowest BCUT2D eigenvalue weighted by molar-refractivity contribution is -0.117. The van der Waals surface area contributed by atoms with Gasteiger partial charge in [0.05, 0.1) is 0 Å². The zero-order valence-electron chi connectivity index (χ0n) is 15.4. The first-order valence-corrected chi connectivity index (χ1v) is 8.64. The van der Waals surface area contributed by atoms with Crippen molar-refractivity contribution in [1.29, 1.82) is 0 Å². The first kappa shape index (κ1) is 17.1. The van der Waals surface area contributed by atoms with Gasteiger partial charge in [0.2, 0.25) is 11.9 Å². The summed E-state index contributed by atoms with van der Waals surface area (Å²) in [5.41, 5.74) is 1.67. The number of H-pyrrole nitrogens is 1. The van der Waals surface area contributed by atoms with E-state index in [-0.39, 0.29) is 23.6 Å². The van der Waals surface area contributed by atoms with Crippen molar-refractivity contribution in [3.63, 3.8) is 0 Å². The Morgan fingerprint density at radius 2 is 1.70 bits per heavy atom. The van der Waals surface area contributed by atoms with Gasteiger partial charge in [-0.25, -0.2) is 4.79 Å². The molecule has 1 amide bonds. The van der Waals surface area contributed by atoms with Crippen LogP contribution < -0.4 is 21.0 Å². The highest BCUT2D eigenvalue weighted by atomic mass is 16.2. The summed E-state index contributed by atoms with van der Waals surface area (Å²) in [7, 11) is 2.99. The normalized spacial score (nSPS) is 15.0. The summed E-state index contributed by atoms with van der Waals surface area (Å²) in [6.07, 6.45) is 0. The summed E-state index contributed by atoms with van der Waals surface area (Å²) in [6, 6.07) is 7.82. The number of fused-ring (bicyclic) bond motifs is 1. The van der Waals surface area contributed by atoms with Gasteiger partial charge in [0, 0.05) is 32.9 Å². The standard InChI is InChI=1S/C18H20N6O3/c1-11-4-6-12(7-5-11)24-9-8-23(10-13(24)25)17-19-14-15(20-17)21(2)18(27)22(3)16(14)26/h4-7H,8-10H2,1-3H3,(H,19,20). The molecule has 1 aliphatic heterocycles. The average molecular weight is 368 g/mol. The van der Waals surface area contributed by atoms with Crippen LogP contribution in [-0.2, 0) is 18.9 Å². The first-order valence-electron chi connectivity index (χ1n) is 8.64. The Morgan fingerprint density at radius 1 is 1.00 bits per heavy atom. The molecule has 3 heterocycles. The van der Waals surface area contributed by atoms with Crippen molar-refractivity contribution < 1.29 is 4.79 Å². The van der Waals surface area contributed by atoms with Gasteiger partial charge in [-0.3, -0.25) is 18.7 Å². The number of amides is 1. The lowest BCUT2D eigenvalue weighted by Crippen LogP contribution is -2.51. The number of anilines is 2. The number of nitrogens with zero attached hydrogens (tertiary/aromatic N) is 5. The van der Waals surface area contributed by atoms with Crippen LogP contribution in [0.2, 0.25) is 0 Å². The Labute approximate surface area is 154 Å². The molecule has 0 atom stereocenters. The molecule has 0 aliphatic carbocycles. The van der Waals surface area contributed by atoms with Gasteiger partial charge >= 0.3 is 5.69 Å².